The standard InChI is InChI=1S/C19H26N4/c1-20-19(23(4)15-16-9-6-5-7-10-16)21-14-17-11-8-12-18(13-17)22(2)3/h5-13H,14-15H2,1-4H3,(H,20,21). The molecule has 1 N–H and O–H groups in total. The van der Waals surface area contributed by atoms with E-state index in [0.717, 1.165) is 19.0 Å². The summed E-state index contributed by atoms with van der Waals surface area (Å²) in [7, 11) is 7.98. The van der Waals surface area contributed by atoms with Crippen LogP contribution in [0.2, 0.25) is 0 Å². The summed E-state index contributed by atoms with van der Waals surface area (Å²) in [5, 5.41) is 3.43. The molecule has 0 bridgehead atoms. The van der Waals surface area contributed by atoms with Crippen molar-refractivity contribution < 1.29 is 0 Å². The summed E-state index contributed by atoms with van der Waals surface area (Å²) in [4.78, 5) is 8.62. The molecule has 122 valence electrons. The summed E-state index contributed by atoms with van der Waals surface area (Å²) in [5.74, 6) is 0.893. The molecule has 2 aromatic carbocycles. The molecule has 23 heavy (non-hydrogen) atoms. The van der Waals surface area contributed by atoms with Crippen molar-refractivity contribution in [3.8, 4) is 0 Å². The molecular weight excluding hydrogens is 284 g/mol. The van der Waals surface area contributed by atoms with Gasteiger partial charge >= 0.3 is 0 Å². The van der Waals surface area contributed by atoms with Crippen LogP contribution in [0.4, 0.5) is 5.69 Å². The van der Waals surface area contributed by atoms with Gasteiger partial charge in [-0.1, -0.05) is 42.5 Å². The van der Waals surface area contributed by atoms with E-state index in [4.69, 9.17) is 0 Å². The van der Waals surface area contributed by atoms with E-state index in [2.05, 4.69) is 89.8 Å². The van der Waals surface area contributed by atoms with E-state index in [-0.39, 0.29) is 0 Å². The van der Waals surface area contributed by atoms with Gasteiger partial charge in [-0.05, 0) is 23.3 Å². The molecule has 0 aromatic heterocycles. The fraction of sp³-hybridized carbons (Fsp3) is 0.316. The van der Waals surface area contributed by atoms with Crippen LogP contribution in [-0.2, 0) is 13.1 Å². The SMILES string of the molecule is CN=C(NCc1cccc(N(C)C)c1)N(C)Cc1ccccc1. The second-order valence-electron chi connectivity index (χ2n) is 5.81. The van der Waals surface area contributed by atoms with Crippen molar-refractivity contribution in [1.29, 1.82) is 0 Å². The molecule has 2 rings (SSSR count). The first-order valence-electron chi connectivity index (χ1n) is 7.82. The fourth-order valence-electron chi connectivity index (χ4n) is 2.44. The van der Waals surface area contributed by atoms with Crippen LogP contribution in [0.1, 0.15) is 11.1 Å². The number of benzene rings is 2. The van der Waals surface area contributed by atoms with Gasteiger partial charge in [0.1, 0.15) is 0 Å². The zero-order chi connectivity index (χ0) is 16.7. The Hall–Kier alpha value is -2.49. The van der Waals surface area contributed by atoms with Crippen molar-refractivity contribution in [2.24, 2.45) is 4.99 Å². The average Bonchev–Trinajstić information content (AvgIpc) is 2.56. The summed E-state index contributed by atoms with van der Waals surface area (Å²) < 4.78 is 0. The molecule has 0 aliphatic carbocycles. The highest BCUT2D eigenvalue weighted by molar-refractivity contribution is 5.79. The first-order chi connectivity index (χ1) is 11.1. The Balaban J connectivity index is 1.96. The number of nitrogens with one attached hydrogen (secondary N) is 1. The van der Waals surface area contributed by atoms with Gasteiger partial charge < -0.3 is 15.1 Å². The number of hydrogen-bond donors (Lipinski definition) is 1. The van der Waals surface area contributed by atoms with Gasteiger partial charge in [0.15, 0.2) is 5.96 Å². The minimum atomic E-state index is 0.757. The van der Waals surface area contributed by atoms with Crippen molar-refractivity contribution >= 4 is 11.6 Å². The molecule has 0 aliphatic rings. The normalized spacial score (nSPS) is 11.2. The summed E-state index contributed by atoms with van der Waals surface area (Å²) in [6, 6.07) is 18.9. The highest BCUT2D eigenvalue weighted by atomic mass is 15.3. The number of aliphatic imine (C=N–C) groups is 1. The molecule has 4 heteroatoms. The molecule has 0 radical (unpaired) electrons. The largest absolute Gasteiger partial charge is 0.378 e. The highest BCUT2D eigenvalue weighted by Crippen LogP contribution is 2.13. The second kappa shape index (κ2) is 8.22. The van der Waals surface area contributed by atoms with Gasteiger partial charge in [-0.3, -0.25) is 4.99 Å². The predicted octanol–water partition coefficient (Wildman–Crippen LogP) is 2.96. The minimum absolute atomic E-state index is 0.757. The molecule has 4 nitrogen and oxygen atoms in total. The quantitative estimate of drug-likeness (QED) is 0.680. The van der Waals surface area contributed by atoms with Crippen molar-refractivity contribution in [2.45, 2.75) is 13.1 Å². The lowest BCUT2D eigenvalue weighted by molar-refractivity contribution is 0.476. The zero-order valence-corrected chi connectivity index (χ0v) is 14.5. The molecule has 0 spiro atoms. The van der Waals surface area contributed by atoms with E-state index < -0.39 is 0 Å². The summed E-state index contributed by atoms with van der Waals surface area (Å²) in [5.41, 5.74) is 3.72. The third kappa shape index (κ3) is 5.02. The van der Waals surface area contributed by atoms with E-state index in [1.165, 1.54) is 16.8 Å². The van der Waals surface area contributed by atoms with E-state index in [9.17, 15) is 0 Å². The van der Waals surface area contributed by atoms with E-state index >= 15 is 0 Å². The van der Waals surface area contributed by atoms with Crippen LogP contribution < -0.4 is 10.2 Å². The average molecular weight is 310 g/mol. The topological polar surface area (TPSA) is 30.9 Å². The number of nitrogens with zero attached hydrogens (tertiary/aromatic N) is 3. The van der Waals surface area contributed by atoms with Crippen LogP contribution in [-0.4, -0.2) is 39.1 Å². The first-order valence-corrected chi connectivity index (χ1v) is 7.82. The van der Waals surface area contributed by atoms with E-state index in [0.29, 0.717) is 0 Å². The van der Waals surface area contributed by atoms with Crippen molar-refractivity contribution in [2.75, 3.05) is 33.1 Å². The Bertz CT molecular complexity index is 635. The van der Waals surface area contributed by atoms with Crippen LogP contribution in [0.3, 0.4) is 0 Å². The lowest BCUT2D eigenvalue weighted by Crippen LogP contribution is -2.38. The smallest absolute Gasteiger partial charge is 0.193 e. The lowest BCUT2D eigenvalue weighted by atomic mass is 10.2. The van der Waals surface area contributed by atoms with Crippen molar-refractivity contribution in [1.82, 2.24) is 10.2 Å². The Morgan fingerprint density at radius 2 is 1.65 bits per heavy atom. The van der Waals surface area contributed by atoms with Crippen molar-refractivity contribution in [3.63, 3.8) is 0 Å². The fourth-order valence-corrected chi connectivity index (χ4v) is 2.44. The van der Waals surface area contributed by atoms with Gasteiger partial charge in [-0.15, -0.1) is 0 Å². The molecule has 0 saturated carbocycles. The number of rotatable bonds is 5. The Labute approximate surface area is 139 Å². The van der Waals surface area contributed by atoms with Gasteiger partial charge in [-0.2, -0.15) is 0 Å². The van der Waals surface area contributed by atoms with Gasteiger partial charge in [0.05, 0.1) is 0 Å². The summed E-state index contributed by atoms with van der Waals surface area (Å²) >= 11 is 0. The first kappa shape index (κ1) is 16.9. The van der Waals surface area contributed by atoms with Gasteiger partial charge in [-0.25, -0.2) is 0 Å². The number of anilines is 1. The van der Waals surface area contributed by atoms with Crippen LogP contribution in [0.5, 0.6) is 0 Å². The third-order valence-corrected chi connectivity index (χ3v) is 3.71. The maximum Gasteiger partial charge on any atom is 0.193 e. The zero-order valence-electron chi connectivity index (χ0n) is 14.5. The van der Waals surface area contributed by atoms with Crippen molar-refractivity contribution in [3.05, 3.63) is 65.7 Å². The predicted molar refractivity (Wildman–Crippen MR) is 98.9 cm³/mol. The highest BCUT2D eigenvalue weighted by Gasteiger charge is 2.06. The van der Waals surface area contributed by atoms with Crippen LogP contribution >= 0.6 is 0 Å². The lowest BCUT2D eigenvalue weighted by Gasteiger charge is -2.22. The molecule has 0 amide bonds. The molecule has 2 aromatic rings. The molecule has 0 heterocycles. The maximum absolute atomic E-state index is 4.38. The molecule has 0 aliphatic heterocycles. The second-order valence-corrected chi connectivity index (χ2v) is 5.81. The number of hydrogen-bond acceptors (Lipinski definition) is 2. The summed E-state index contributed by atoms with van der Waals surface area (Å²) in [6.45, 7) is 1.59. The molecule has 0 atom stereocenters. The molecule has 0 unspecified atom stereocenters. The van der Waals surface area contributed by atoms with Gasteiger partial charge in [0.2, 0.25) is 0 Å². The van der Waals surface area contributed by atoms with E-state index in [1.54, 1.807) is 0 Å². The Morgan fingerprint density at radius 3 is 2.30 bits per heavy atom. The van der Waals surface area contributed by atoms with Crippen LogP contribution in [0.25, 0.3) is 0 Å². The number of guanidine groups is 1. The molecule has 0 fully saturated rings. The molecular formula is C19H26N4. The monoisotopic (exact) mass is 310 g/mol. The Kier molecular flexibility index (Phi) is 6.03. The third-order valence-electron chi connectivity index (χ3n) is 3.71. The van der Waals surface area contributed by atoms with Crippen LogP contribution in [0.15, 0.2) is 59.6 Å². The van der Waals surface area contributed by atoms with Gasteiger partial charge in [0.25, 0.3) is 0 Å². The van der Waals surface area contributed by atoms with Gasteiger partial charge in [0, 0.05) is 47.0 Å². The Morgan fingerprint density at radius 1 is 0.957 bits per heavy atom. The maximum atomic E-state index is 4.38. The summed E-state index contributed by atoms with van der Waals surface area (Å²) in [6.07, 6.45) is 0. The van der Waals surface area contributed by atoms with E-state index in [1.807, 2.05) is 13.1 Å². The minimum Gasteiger partial charge on any atom is -0.378 e. The van der Waals surface area contributed by atoms with Crippen LogP contribution in [0, 0.1) is 0 Å². The molecule has 0 saturated heterocycles.